The Balaban J connectivity index is 1.79. The van der Waals surface area contributed by atoms with Gasteiger partial charge in [0.15, 0.2) is 0 Å². The quantitative estimate of drug-likeness (QED) is 0.818. The lowest BCUT2D eigenvalue weighted by Crippen LogP contribution is -2.34. The molecule has 0 N–H and O–H groups in total. The van der Waals surface area contributed by atoms with Gasteiger partial charge in [0.05, 0.1) is 17.0 Å². The van der Waals surface area contributed by atoms with Crippen LogP contribution in [0.15, 0.2) is 48.5 Å². The van der Waals surface area contributed by atoms with E-state index >= 15 is 0 Å². The standard InChI is InChI=1S/C18H15NO4/c1-11-6-5-7-13(10-11)12(2)18(22)23-19-16(20)14-8-3-4-9-15(14)17(19)21/h3-10,12H,1-2H3/t12-/m1/s1. The van der Waals surface area contributed by atoms with Gasteiger partial charge in [-0.25, -0.2) is 4.79 Å². The van der Waals surface area contributed by atoms with E-state index in [0.717, 1.165) is 11.1 Å². The zero-order valence-corrected chi connectivity index (χ0v) is 12.8. The summed E-state index contributed by atoms with van der Waals surface area (Å²) >= 11 is 0. The minimum atomic E-state index is -0.648. The molecular formula is C18H15NO4. The van der Waals surface area contributed by atoms with E-state index in [1.54, 1.807) is 25.1 Å². The Morgan fingerprint density at radius 3 is 2.17 bits per heavy atom. The minimum absolute atomic E-state index is 0.244. The van der Waals surface area contributed by atoms with Crippen LogP contribution in [0.5, 0.6) is 0 Å². The summed E-state index contributed by atoms with van der Waals surface area (Å²) in [6.07, 6.45) is 0. The van der Waals surface area contributed by atoms with Crippen molar-refractivity contribution in [3.05, 3.63) is 70.8 Å². The molecule has 1 aliphatic rings. The molecule has 5 nitrogen and oxygen atoms in total. The Morgan fingerprint density at radius 1 is 1.00 bits per heavy atom. The summed E-state index contributed by atoms with van der Waals surface area (Å²) in [4.78, 5) is 41.7. The van der Waals surface area contributed by atoms with Crippen LogP contribution in [0.1, 0.15) is 44.7 Å². The summed E-state index contributed by atoms with van der Waals surface area (Å²) in [5.74, 6) is -2.46. The number of hydrogen-bond donors (Lipinski definition) is 0. The molecule has 1 aliphatic heterocycles. The first-order valence-corrected chi connectivity index (χ1v) is 7.25. The lowest BCUT2D eigenvalue weighted by molar-refractivity contribution is -0.170. The number of aryl methyl sites for hydroxylation is 1. The summed E-state index contributed by atoms with van der Waals surface area (Å²) in [5.41, 5.74) is 2.27. The maximum absolute atomic E-state index is 12.3. The first-order chi connectivity index (χ1) is 11.0. The number of carbonyl (C=O) groups excluding carboxylic acids is 3. The molecule has 0 spiro atoms. The summed E-state index contributed by atoms with van der Waals surface area (Å²) in [5, 5.41) is 0.541. The van der Waals surface area contributed by atoms with Crippen LogP contribution in [-0.4, -0.2) is 22.8 Å². The van der Waals surface area contributed by atoms with Crippen LogP contribution in [0.2, 0.25) is 0 Å². The Labute approximate surface area is 133 Å². The molecule has 2 aromatic carbocycles. The van der Waals surface area contributed by atoms with Crippen molar-refractivity contribution in [3.8, 4) is 0 Å². The topological polar surface area (TPSA) is 63.7 Å². The van der Waals surface area contributed by atoms with Crippen LogP contribution < -0.4 is 0 Å². The summed E-state index contributed by atoms with van der Waals surface area (Å²) in [6.45, 7) is 3.60. The number of hydrogen-bond acceptors (Lipinski definition) is 4. The van der Waals surface area contributed by atoms with Crippen LogP contribution >= 0.6 is 0 Å². The van der Waals surface area contributed by atoms with Gasteiger partial charge in [0.2, 0.25) is 0 Å². The number of nitrogens with zero attached hydrogens (tertiary/aromatic N) is 1. The SMILES string of the molecule is Cc1cccc([C@@H](C)C(=O)ON2C(=O)c3ccccc3C2=O)c1. The van der Waals surface area contributed by atoms with Crippen molar-refractivity contribution >= 4 is 17.8 Å². The van der Waals surface area contributed by atoms with Crippen molar-refractivity contribution in [1.82, 2.24) is 5.06 Å². The van der Waals surface area contributed by atoms with Crippen molar-refractivity contribution in [2.24, 2.45) is 0 Å². The van der Waals surface area contributed by atoms with E-state index < -0.39 is 23.7 Å². The van der Waals surface area contributed by atoms with Crippen molar-refractivity contribution in [2.45, 2.75) is 19.8 Å². The second-order valence-electron chi connectivity index (χ2n) is 5.50. The third-order valence-electron chi connectivity index (χ3n) is 3.83. The highest BCUT2D eigenvalue weighted by Gasteiger charge is 2.39. The molecule has 2 amide bonds. The molecule has 0 saturated heterocycles. The van der Waals surface area contributed by atoms with Gasteiger partial charge in [-0.3, -0.25) is 9.59 Å². The number of carbonyl (C=O) groups is 3. The number of amides is 2. The van der Waals surface area contributed by atoms with Gasteiger partial charge >= 0.3 is 5.97 Å². The molecule has 0 bridgehead atoms. The number of benzene rings is 2. The fourth-order valence-electron chi connectivity index (χ4n) is 2.49. The lowest BCUT2D eigenvalue weighted by atomic mass is 10.00. The van der Waals surface area contributed by atoms with Crippen LogP contribution in [0.4, 0.5) is 0 Å². The zero-order valence-electron chi connectivity index (χ0n) is 12.8. The van der Waals surface area contributed by atoms with E-state index in [-0.39, 0.29) is 11.1 Å². The van der Waals surface area contributed by atoms with Crippen LogP contribution in [0, 0.1) is 6.92 Å². The van der Waals surface area contributed by atoms with E-state index in [4.69, 9.17) is 4.84 Å². The van der Waals surface area contributed by atoms with E-state index in [1.165, 1.54) is 12.1 Å². The highest BCUT2D eigenvalue weighted by Crippen LogP contribution is 2.25. The van der Waals surface area contributed by atoms with Crippen LogP contribution in [-0.2, 0) is 9.63 Å². The van der Waals surface area contributed by atoms with E-state index in [9.17, 15) is 14.4 Å². The minimum Gasteiger partial charge on any atom is -0.329 e. The van der Waals surface area contributed by atoms with Gasteiger partial charge in [0, 0.05) is 0 Å². The normalized spacial score (nSPS) is 14.6. The van der Waals surface area contributed by atoms with Gasteiger partial charge in [-0.1, -0.05) is 47.0 Å². The van der Waals surface area contributed by atoms with Crippen molar-refractivity contribution in [3.63, 3.8) is 0 Å². The van der Waals surface area contributed by atoms with Gasteiger partial charge in [-0.15, -0.1) is 0 Å². The number of rotatable bonds is 3. The van der Waals surface area contributed by atoms with Crippen molar-refractivity contribution in [1.29, 1.82) is 0 Å². The second-order valence-corrected chi connectivity index (χ2v) is 5.50. The molecule has 116 valence electrons. The van der Waals surface area contributed by atoms with Gasteiger partial charge in [0.25, 0.3) is 11.8 Å². The molecule has 0 fully saturated rings. The van der Waals surface area contributed by atoms with Crippen LogP contribution in [0.25, 0.3) is 0 Å². The average molecular weight is 309 g/mol. The molecule has 0 aliphatic carbocycles. The molecule has 5 heteroatoms. The van der Waals surface area contributed by atoms with Crippen LogP contribution in [0.3, 0.4) is 0 Å². The fourth-order valence-corrected chi connectivity index (χ4v) is 2.49. The van der Waals surface area contributed by atoms with E-state index in [2.05, 4.69) is 0 Å². The highest BCUT2D eigenvalue weighted by molar-refractivity contribution is 6.20. The Bertz CT molecular complexity index is 777. The third-order valence-corrected chi connectivity index (χ3v) is 3.83. The van der Waals surface area contributed by atoms with Crippen molar-refractivity contribution < 1.29 is 19.2 Å². The van der Waals surface area contributed by atoms with E-state index in [1.807, 2.05) is 25.1 Å². The molecule has 0 unspecified atom stereocenters. The Hall–Kier alpha value is -2.95. The first-order valence-electron chi connectivity index (χ1n) is 7.25. The summed E-state index contributed by atoms with van der Waals surface area (Å²) in [7, 11) is 0. The molecule has 0 radical (unpaired) electrons. The summed E-state index contributed by atoms with van der Waals surface area (Å²) in [6, 6.07) is 13.8. The maximum atomic E-state index is 12.3. The predicted molar refractivity (Wildman–Crippen MR) is 82.6 cm³/mol. The molecule has 1 heterocycles. The smallest absolute Gasteiger partial charge is 0.329 e. The lowest BCUT2D eigenvalue weighted by Gasteiger charge is -2.16. The van der Waals surface area contributed by atoms with Gasteiger partial charge in [-0.2, -0.15) is 0 Å². The number of fused-ring (bicyclic) bond motifs is 1. The van der Waals surface area contributed by atoms with E-state index in [0.29, 0.717) is 5.06 Å². The average Bonchev–Trinajstić information content (AvgIpc) is 2.79. The molecule has 3 rings (SSSR count). The molecule has 0 aromatic heterocycles. The van der Waals surface area contributed by atoms with Gasteiger partial charge in [0.1, 0.15) is 0 Å². The molecule has 2 aromatic rings. The predicted octanol–water partition coefficient (Wildman–Crippen LogP) is 2.85. The Kier molecular flexibility index (Phi) is 3.70. The first kappa shape index (κ1) is 15.0. The van der Waals surface area contributed by atoms with Gasteiger partial charge in [-0.05, 0) is 31.5 Å². The Morgan fingerprint density at radius 2 is 1.61 bits per heavy atom. The molecule has 23 heavy (non-hydrogen) atoms. The van der Waals surface area contributed by atoms with Gasteiger partial charge < -0.3 is 4.84 Å². The maximum Gasteiger partial charge on any atom is 0.340 e. The molecule has 1 atom stereocenters. The molecular weight excluding hydrogens is 294 g/mol. The zero-order chi connectivity index (χ0) is 16.6. The monoisotopic (exact) mass is 309 g/mol. The van der Waals surface area contributed by atoms with Crippen molar-refractivity contribution in [2.75, 3.05) is 0 Å². The second kappa shape index (κ2) is 5.68. The third kappa shape index (κ3) is 2.61. The largest absolute Gasteiger partial charge is 0.340 e. The molecule has 0 saturated carbocycles. The number of hydroxylamine groups is 2. The fraction of sp³-hybridized carbons (Fsp3) is 0.167. The highest BCUT2D eigenvalue weighted by atomic mass is 16.7. The number of imide groups is 1. The summed E-state index contributed by atoms with van der Waals surface area (Å²) < 4.78 is 0.